The molecule has 0 aromatic heterocycles. The van der Waals surface area contributed by atoms with Crippen molar-refractivity contribution in [1.82, 2.24) is 0 Å². The van der Waals surface area contributed by atoms with Gasteiger partial charge in [0.05, 0.1) is 12.7 Å². The summed E-state index contributed by atoms with van der Waals surface area (Å²) in [5.74, 6) is -0.564. The fourth-order valence-electron chi connectivity index (χ4n) is 3.66. The van der Waals surface area contributed by atoms with Gasteiger partial charge < -0.3 is 20.1 Å². The molecule has 0 unspecified atom stereocenters. The molecule has 2 amide bonds. The molecule has 7 heteroatoms. The Morgan fingerprint density at radius 3 is 2.03 bits per heavy atom. The zero-order valence-corrected chi connectivity index (χ0v) is 20.9. The number of unbranched alkanes of at least 4 members (excludes halogenated alkanes) is 8. The van der Waals surface area contributed by atoms with Gasteiger partial charge in [0, 0.05) is 23.9 Å². The summed E-state index contributed by atoms with van der Waals surface area (Å²) < 4.78 is 10.2. The van der Waals surface area contributed by atoms with Gasteiger partial charge in [-0.2, -0.15) is 0 Å². The number of esters is 1. The van der Waals surface area contributed by atoms with Crippen LogP contribution in [0.3, 0.4) is 0 Å². The number of amides is 2. The smallest absolute Gasteiger partial charge is 0.338 e. The van der Waals surface area contributed by atoms with Crippen molar-refractivity contribution in [3.63, 3.8) is 0 Å². The second-order valence-corrected chi connectivity index (χ2v) is 8.56. The van der Waals surface area contributed by atoms with Crippen molar-refractivity contribution in [2.24, 2.45) is 0 Å². The fraction of sp³-hybridized carbons (Fsp3) is 0.464. The van der Waals surface area contributed by atoms with Gasteiger partial charge in [-0.1, -0.05) is 70.4 Å². The largest absolute Gasteiger partial charge is 0.497 e. The molecule has 0 atom stereocenters. The maximum absolute atomic E-state index is 12.4. The Bertz CT molecular complexity index is 944. The summed E-state index contributed by atoms with van der Waals surface area (Å²) in [5, 5.41) is 5.48. The van der Waals surface area contributed by atoms with E-state index < -0.39 is 18.5 Å². The van der Waals surface area contributed by atoms with Crippen molar-refractivity contribution >= 4 is 29.2 Å². The predicted molar refractivity (Wildman–Crippen MR) is 139 cm³/mol. The zero-order chi connectivity index (χ0) is 25.3. The van der Waals surface area contributed by atoms with Crippen LogP contribution in [0.1, 0.15) is 81.5 Å². The second-order valence-electron chi connectivity index (χ2n) is 8.56. The van der Waals surface area contributed by atoms with E-state index in [-0.39, 0.29) is 11.5 Å². The summed E-state index contributed by atoms with van der Waals surface area (Å²) in [6.45, 7) is 1.80. The van der Waals surface area contributed by atoms with Crippen molar-refractivity contribution in [1.29, 1.82) is 0 Å². The summed E-state index contributed by atoms with van der Waals surface area (Å²) >= 11 is 0. The van der Waals surface area contributed by atoms with Crippen LogP contribution in [0.4, 0.5) is 11.4 Å². The van der Waals surface area contributed by atoms with Crippen molar-refractivity contribution in [3.8, 4) is 5.75 Å². The summed E-state index contributed by atoms with van der Waals surface area (Å²) in [6, 6.07) is 13.4. The Morgan fingerprint density at radius 2 is 1.34 bits per heavy atom. The Morgan fingerprint density at radius 1 is 0.743 bits per heavy atom. The van der Waals surface area contributed by atoms with E-state index in [1.165, 1.54) is 45.6 Å². The van der Waals surface area contributed by atoms with E-state index in [4.69, 9.17) is 9.47 Å². The SMILES string of the molecule is CCCCCCCCCCCC(=O)Nc1cccc(C(=O)OCC(=O)Nc2cccc(OC)c2)c1. The van der Waals surface area contributed by atoms with Gasteiger partial charge in [0.15, 0.2) is 6.61 Å². The van der Waals surface area contributed by atoms with E-state index in [9.17, 15) is 14.4 Å². The average molecular weight is 483 g/mol. The third-order valence-electron chi connectivity index (χ3n) is 5.58. The third-order valence-corrected chi connectivity index (χ3v) is 5.58. The number of hydrogen-bond acceptors (Lipinski definition) is 5. The van der Waals surface area contributed by atoms with E-state index in [0.29, 0.717) is 23.5 Å². The topological polar surface area (TPSA) is 93.7 Å². The minimum absolute atomic E-state index is 0.0730. The lowest BCUT2D eigenvalue weighted by Gasteiger charge is -2.09. The van der Waals surface area contributed by atoms with E-state index >= 15 is 0 Å². The Labute approximate surface area is 208 Å². The molecule has 2 aromatic carbocycles. The molecule has 0 heterocycles. The number of hydrogen-bond donors (Lipinski definition) is 2. The zero-order valence-electron chi connectivity index (χ0n) is 20.9. The van der Waals surface area contributed by atoms with E-state index in [2.05, 4.69) is 17.6 Å². The fourth-order valence-corrected chi connectivity index (χ4v) is 3.66. The molecule has 35 heavy (non-hydrogen) atoms. The van der Waals surface area contributed by atoms with Crippen molar-refractivity contribution in [2.45, 2.75) is 71.1 Å². The number of benzene rings is 2. The molecule has 0 spiro atoms. The van der Waals surface area contributed by atoms with Gasteiger partial charge >= 0.3 is 5.97 Å². The highest BCUT2D eigenvalue weighted by Crippen LogP contribution is 2.17. The molecular weight excluding hydrogens is 444 g/mol. The summed E-state index contributed by atoms with van der Waals surface area (Å²) in [7, 11) is 1.54. The molecule has 190 valence electrons. The van der Waals surface area contributed by atoms with Crippen LogP contribution in [0, 0.1) is 0 Å². The van der Waals surface area contributed by atoms with Gasteiger partial charge in [0.25, 0.3) is 5.91 Å². The number of carbonyl (C=O) groups is 3. The molecule has 0 fully saturated rings. The maximum Gasteiger partial charge on any atom is 0.338 e. The molecule has 2 N–H and O–H groups in total. The van der Waals surface area contributed by atoms with Crippen LogP contribution >= 0.6 is 0 Å². The number of carbonyl (C=O) groups excluding carboxylic acids is 3. The van der Waals surface area contributed by atoms with Crippen molar-refractivity contribution < 1.29 is 23.9 Å². The maximum atomic E-state index is 12.4. The molecule has 0 aliphatic heterocycles. The van der Waals surface area contributed by atoms with Gasteiger partial charge in [-0.3, -0.25) is 9.59 Å². The van der Waals surface area contributed by atoms with Gasteiger partial charge in [0.1, 0.15) is 5.75 Å². The summed E-state index contributed by atoms with van der Waals surface area (Å²) in [5.41, 5.74) is 1.34. The van der Waals surface area contributed by atoms with Gasteiger partial charge in [-0.25, -0.2) is 4.79 Å². The molecular formula is C28H38N2O5. The highest BCUT2D eigenvalue weighted by molar-refractivity contribution is 5.97. The van der Waals surface area contributed by atoms with Crippen LogP contribution in [0.25, 0.3) is 0 Å². The van der Waals surface area contributed by atoms with Gasteiger partial charge in [-0.05, 0) is 36.8 Å². The molecule has 2 aromatic rings. The molecule has 7 nitrogen and oxygen atoms in total. The third kappa shape index (κ3) is 11.6. The number of ether oxygens (including phenoxy) is 2. The quantitative estimate of drug-likeness (QED) is 0.215. The Hall–Kier alpha value is -3.35. The first kappa shape index (κ1) is 27.9. The van der Waals surface area contributed by atoms with E-state index in [1.54, 1.807) is 48.5 Å². The minimum atomic E-state index is -0.638. The molecule has 0 saturated carbocycles. The van der Waals surface area contributed by atoms with E-state index in [1.807, 2.05) is 0 Å². The van der Waals surface area contributed by atoms with Crippen LogP contribution < -0.4 is 15.4 Å². The summed E-state index contributed by atoms with van der Waals surface area (Å²) in [4.78, 5) is 36.7. The first-order valence-corrected chi connectivity index (χ1v) is 12.5. The highest BCUT2D eigenvalue weighted by Gasteiger charge is 2.12. The molecule has 0 radical (unpaired) electrons. The van der Waals surface area contributed by atoms with Crippen LogP contribution in [0.2, 0.25) is 0 Å². The predicted octanol–water partition coefficient (Wildman–Crippen LogP) is 6.35. The van der Waals surface area contributed by atoms with Crippen molar-refractivity contribution in [3.05, 3.63) is 54.1 Å². The van der Waals surface area contributed by atoms with Gasteiger partial charge in [0.2, 0.25) is 5.91 Å². The molecule has 2 rings (SSSR count). The average Bonchev–Trinajstić information content (AvgIpc) is 2.86. The first-order valence-electron chi connectivity index (χ1n) is 12.5. The van der Waals surface area contributed by atoms with Crippen LogP contribution in [-0.4, -0.2) is 31.5 Å². The Kier molecular flexibility index (Phi) is 13.0. The lowest BCUT2D eigenvalue weighted by Crippen LogP contribution is -2.21. The second kappa shape index (κ2) is 16.3. The minimum Gasteiger partial charge on any atom is -0.497 e. The monoisotopic (exact) mass is 482 g/mol. The molecule has 0 saturated heterocycles. The Balaban J connectivity index is 1.68. The molecule has 0 bridgehead atoms. The molecule has 0 aliphatic rings. The van der Waals surface area contributed by atoms with Crippen LogP contribution in [0.5, 0.6) is 5.75 Å². The summed E-state index contributed by atoms with van der Waals surface area (Å²) in [6.07, 6.45) is 11.2. The van der Waals surface area contributed by atoms with Crippen LogP contribution in [-0.2, 0) is 14.3 Å². The molecule has 0 aliphatic carbocycles. The van der Waals surface area contributed by atoms with Crippen LogP contribution in [0.15, 0.2) is 48.5 Å². The number of nitrogens with one attached hydrogen (secondary N) is 2. The lowest BCUT2D eigenvalue weighted by molar-refractivity contribution is -0.119. The van der Waals surface area contributed by atoms with Gasteiger partial charge in [-0.15, -0.1) is 0 Å². The number of rotatable bonds is 16. The highest BCUT2D eigenvalue weighted by atomic mass is 16.5. The van der Waals surface area contributed by atoms with E-state index in [0.717, 1.165) is 19.3 Å². The number of anilines is 2. The number of methoxy groups -OCH3 is 1. The standard InChI is InChI=1S/C28H38N2O5/c1-3-4-5-6-7-8-9-10-11-18-26(31)29-23-15-12-14-22(19-23)28(33)35-21-27(32)30-24-16-13-17-25(20-24)34-2/h12-17,19-20H,3-11,18,21H2,1-2H3,(H,29,31)(H,30,32). The first-order chi connectivity index (χ1) is 17.0. The van der Waals surface area contributed by atoms with Crippen molar-refractivity contribution in [2.75, 3.05) is 24.4 Å². The normalized spacial score (nSPS) is 10.5. The lowest BCUT2D eigenvalue weighted by atomic mass is 10.1.